The zero-order chi connectivity index (χ0) is 12.5. The predicted octanol–water partition coefficient (Wildman–Crippen LogP) is 4.18. The molecule has 2 atom stereocenters. The van der Waals surface area contributed by atoms with E-state index in [4.69, 9.17) is 5.73 Å². The van der Waals surface area contributed by atoms with Gasteiger partial charge >= 0.3 is 0 Å². The summed E-state index contributed by atoms with van der Waals surface area (Å²) < 4.78 is 0. The molecule has 1 aromatic heterocycles. The van der Waals surface area contributed by atoms with E-state index in [-0.39, 0.29) is 6.04 Å². The first-order valence-corrected chi connectivity index (χ1v) is 7.52. The monoisotopic (exact) mass is 257 g/mol. The Morgan fingerprint density at radius 3 is 2.94 bits per heavy atom. The van der Waals surface area contributed by atoms with Crippen molar-refractivity contribution in [2.45, 2.75) is 38.1 Å². The van der Waals surface area contributed by atoms with E-state index in [2.05, 4.69) is 42.6 Å². The zero-order valence-corrected chi connectivity index (χ0v) is 11.5. The molecule has 2 unspecified atom stereocenters. The van der Waals surface area contributed by atoms with Crippen LogP contribution in [0.2, 0.25) is 0 Å². The molecule has 94 valence electrons. The van der Waals surface area contributed by atoms with E-state index >= 15 is 0 Å². The summed E-state index contributed by atoms with van der Waals surface area (Å²) in [5.41, 5.74) is 10.8. The standard InChI is InChI=1S/C16H19NS/c1-11-9-13(10-18-11)16(17)15-8-4-6-12-5-2-3-7-14(12)15/h2-3,5,7,9-10,15-16H,4,6,8,17H2,1H3. The van der Waals surface area contributed by atoms with Crippen molar-refractivity contribution in [1.29, 1.82) is 0 Å². The van der Waals surface area contributed by atoms with Gasteiger partial charge in [-0.15, -0.1) is 11.3 Å². The van der Waals surface area contributed by atoms with Crippen molar-refractivity contribution in [3.63, 3.8) is 0 Å². The van der Waals surface area contributed by atoms with Gasteiger partial charge < -0.3 is 5.73 Å². The van der Waals surface area contributed by atoms with E-state index < -0.39 is 0 Å². The van der Waals surface area contributed by atoms with E-state index in [1.165, 1.54) is 40.8 Å². The fourth-order valence-corrected chi connectivity index (χ4v) is 3.79. The average Bonchev–Trinajstić information content (AvgIpc) is 2.84. The highest BCUT2D eigenvalue weighted by Gasteiger charge is 2.26. The Balaban J connectivity index is 1.94. The number of aryl methyl sites for hydroxylation is 2. The van der Waals surface area contributed by atoms with Gasteiger partial charge in [0.25, 0.3) is 0 Å². The van der Waals surface area contributed by atoms with Gasteiger partial charge in [0.2, 0.25) is 0 Å². The molecule has 18 heavy (non-hydrogen) atoms. The molecule has 1 nitrogen and oxygen atoms in total. The molecule has 1 aliphatic carbocycles. The van der Waals surface area contributed by atoms with Gasteiger partial charge in [0.15, 0.2) is 0 Å². The van der Waals surface area contributed by atoms with Gasteiger partial charge in [-0.2, -0.15) is 0 Å². The van der Waals surface area contributed by atoms with Crippen molar-refractivity contribution in [3.05, 3.63) is 57.3 Å². The van der Waals surface area contributed by atoms with E-state index in [1.54, 1.807) is 11.3 Å². The molecule has 0 saturated carbocycles. The van der Waals surface area contributed by atoms with Gasteiger partial charge in [0, 0.05) is 16.8 Å². The van der Waals surface area contributed by atoms with Gasteiger partial charge in [-0.25, -0.2) is 0 Å². The molecule has 0 spiro atoms. The second-order valence-corrected chi connectivity index (χ2v) is 6.33. The van der Waals surface area contributed by atoms with Crippen LogP contribution in [0.5, 0.6) is 0 Å². The maximum atomic E-state index is 6.50. The number of thiophene rings is 1. The Labute approximate surface area is 113 Å². The molecule has 0 radical (unpaired) electrons. The Morgan fingerprint density at radius 1 is 1.33 bits per heavy atom. The van der Waals surface area contributed by atoms with Crippen molar-refractivity contribution in [2.24, 2.45) is 5.73 Å². The van der Waals surface area contributed by atoms with Gasteiger partial charge in [0.05, 0.1) is 0 Å². The molecule has 2 aromatic rings. The molecule has 2 heteroatoms. The third-order valence-corrected chi connectivity index (χ3v) is 4.86. The zero-order valence-electron chi connectivity index (χ0n) is 10.7. The van der Waals surface area contributed by atoms with Crippen LogP contribution in [0, 0.1) is 6.92 Å². The fraction of sp³-hybridized carbons (Fsp3) is 0.375. The van der Waals surface area contributed by atoms with Crippen LogP contribution in [-0.2, 0) is 6.42 Å². The second-order valence-electron chi connectivity index (χ2n) is 5.21. The highest BCUT2D eigenvalue weighted by atomic mass is 32.1. The minimum atomic E-state index is 0.149. The van der Waals surface area contributed by atoms with Gasteiger partial charge in [-0.1, -0.05) is 24.3 Å². The highest BCUT2D eigenvalue weighted by Crippen LogP contribution is 2.39. The van der Waals surface area contributed by atoms with Crippen molar-refractivity contribution in [1.82, 2.24) is 0 Å². The van der Waals surface area contributed by atoms with Crippen LogP contribution in [0.4, 0.5) is 0 Å². The Bertz CT molecular complexity index is 544. The first-order chi connectivity index (χ1) is 8.75. The summed E-state index contributed by atoms with van der Waals surface area (Å²) in [7, 11) is 0. The topological polar surface area (TPSA) is 26.0 Å². The van der Waals surface area contributed by atoms with Crippen LogP contribution in [0.15, 0.2) is 35.7 Å². The minimum absolute atomic E-state index is 0.149. The van der Waals surface area contributed by atoms with Gasteiger partial charge in [-0.05, 0) is 54.3 Å². The minimum Gasteiger partial charge on any atom is -0.323 e. The summed E-state index contributed by atoms with van der Waals surface area (Å²) in [6.45, 7) is 2.15. The lowest BCUT2D eigenvalue weighted by atomic mass is 9.77. The number of hydrogen-bond acceptors (Lipinski definition) is 2. The predicted molar refractivity (Wildman–Crippen MR) is 78.1 cm³/mol. The van der Waals surface area contributed by atoms with Crippen LogP contribution >= 0.6 is 11.3 Å². The highest BCUT2D eigenvalue weighted by molar-refractivity contribution is 7.10. The molecule has 0 aliphatic heterocycles. The van der Waals surface area contributed by atoms with E-state index in [1.807, 2.05) is 0 Å². The van der Waals surface area contributed by atoms with Crippen molar-refractivity contribution >= 4 is 11.3 Å². The summed E-state index contributed by atoms with van der Waals surface area (Å²) >= 11 is 1.80. The molecule has 0 fully saturated rings. The lowest BCUT2D eigenvalue weighted by Gasteiger charge is -2.30. The number of hydrogen-bond donors (Lipinski definition) is 1. The van der Waals surface area contributed by atoms with Crippen LogP contribution < -0.4 is 5.73 Å². The third kappa shape index (κ3) is 2.11. The smallest absolute Gasteiger partial charge is 0.0372 e. The Kier molecular flexibility index (Phi) is 3.23. The molecule has 0 amide bonds. The molecule has 0 bridgehead atoms. The van der Waals surface area contributed by atoms with Crippen molar-refractivity contribution in [3.8, 4) is 0 Å². The summed E-state index contributed by atoms with van der Waals surface area (Å²) in [5, 5.41) is 2.22. The van der Waals surface area contributed by atoms with E-state index in [0.29, 0.717) is 5.92 Å². The first kappa shape index (κ1) is 11.9. The maximum Gasteiger partial charge on any atom is 0.0372 e. The molecule has 3 rings (SSSR count). The molecule has 1 aliphatic rings. The summed E-state index contributed by atoms with van der Waals surface area (Å²) in [6, 6.07) is 11.2. The van der Waals surface area contributed by atoms with Gasteiger partial charge in [-0.3, -0.25) is 0 Å². The molecular weight excluding hydrogens is 238 g/mol. The first-order valence-electron chi connectivity index (χ1n) is 6.64. The van der Waals surface area contributed by atoms with Crippen LogP contribution in [0.1, 0.15) is 46.4 Å². The van der Waals surface area contributed by atoms with Crippen molar-refractivity contribution < 1.29 is 0 Å². The lowest BCUT2D eigenvalue weighted by molar-refractivity contribution is 0.475. The van der Waals surface area contributed by atoms with E-state index in [0.717, 1.165) is 0 Å². The molecule has 1 heterocycles. The third-order valence-electron chi connectivity index (χ3n) is 3.99. The second kappa shape index (κ2) is 4.87. The largest absolute Gasteiger partial charge is 0.323 e. The molecule has 1 aromatic carbocycles. The molecule has 2 N–H and O–H groups in total. The van der Waals surface area contributed by atoms with Crippen LogP contribution in [0.25, 0.3) is 0 Å². The number of rotatable bonds is 2. The van der Waals surface area contributed by atoms with Crippen LogP contribution in [0.3, 0.4) is 0 Å². The van der Waals surface area contributed by atoms with Crippen molar-refractivity contribution in [2.75, 3.05) is 0 Å². The number of fused-ring (bicyclic) bond motifs is 1. The average molecular weight is 257 g/mol. The summed E-state index contributed by atoms with van der Waals surface area (Å²) in [6.07, 6.45) is 3.69. The SMILES string of the molecule is Cc1cc(C(N)C2CCCc3ccccc32)cs1. The maximum absolute atomic E-state index is 6.50. The Hall–Kier alpha value is -1.12. The van der Waals surface area contributed by atoms with E-state index in [9.17, 15) is 0 Å². The fourth-order valence-electron chi connectivity index (χ4n) is 3.04. The quantitative estimate of drug-likeness (QED) is 0.858. The van der Waals surface area contributed by atoms with Crippen LogP contribution in [-0.4, -0.2) is 0 Å². The Morgan fingerprint density at radius 2 is 2.17 bits per heavy atom. The summed E-state index contributed by atoms with van der Waals surface area (Å²) in [5.74, 6) is 0.490. The lowest BCUT2D eigenvalue weighted by Crippen LogP contribution is -2.23. The summed E-state index contributed by atoms with van der Waals surface area (Å²) in [4.78, 5) is 1.35. The number of benzene rings is 1. The molecular formula is C16H19NS. The van der Waals surface area contributed by atoms with Gasteiger partial charge in [0.1, 0.15) is 0 Å². The molecule has 0 saturated heterocycles. The normalized spacial score (nSPS) is 20.4. The number of nitrogens with two attached hydrogens (primary N) is 1.